The van der Waals surface area contributed by atoms with Crippen LogP contribution >= 0.6 is 0 Å². The first-order valence-corrected chi connectivity index (χ1v) is 5.66. The number of hydrogen-bond donors (Lipinski definition) is 1. The SMILES string of the molecule is CCC(Oc1cccc2ccccc12)C(N)=O. The Balaban J connectivity index is 2.38. The highest BCUT2D eigenvalue weighted by molar-refractivity contribution is 5.88. The molecule has 0 fully saturated rings. The molecule has 1 unspecified atom stereocenters. The number of ether oxygens (including phenoxy) is 1. The summed E-state index contributed by atoms with van der Waals surface area (Å²) in [6, 6.07) is 13.7. The van der Waals surface area contributed by atoms with Crippen LogP contribution in [0.15, 0.2) is 42.5 Å². The summed E-state index contributed by atoms with van der Waals surface area (Å²) in [5.41, 5.74) is 5.28. The molecule has 0 aliphatic rings. The lowest BCUT2D eigenvalue weighted by Gasteiger charge is -2.15. The molecule has 1 atom stereocenters. The molecule has 2 aromatic rings. The number of primary amides is 1. The van der Waals surface area contributed by atoms with E-state index in [0.717, 1.165) is 10.8 Å². The molecule has 3 heteroatoms. The van der Waals surface area contributed by atoms with Crippen molar-refractivity contribution in [3.8, 4) is 5.75 Å². The van der Waals surface area contributed by atoms with Crippen LogP contribution in [-0.2, 0) is 4.79 Å². The van der Waals surface area contributed by atoms with Gasteiger partial charge in [-0.15, -0.1) is 0 Å². The summed E-state index contributed by atoms with van der Waals surface area (Å²) < 4.78 is 5.66. The Hall–Kier alpha value is -2.03. The molecule has 0 radical (unpaired) electrons. The van der Waals surface area contributed by atoms with Crippen LogP contribution in [0.5, 0.6) is 5.75 Å². The Morgan fingerprint density at radius 3 is 2.65 bits per heavy atom. The minimum absolute atomic E-state index is 0.430. The highest BCUT2D eigenvalue weighted by Gasteiger charge is 2.15. The van der Waals surface area contributed by atoms with E-state index < -0.39 is 12.0 Å². The largest absolute Gasteiger partial charge is 0.480 e. The van der Waals surface area contributed by atoms with Crippen molar-refractivity contribution in [3.05, 3.63) is 42.5 Å². The molecule has 0 spiro atoms. The van der Waals surface area contributed by atoms with Gasteiger partial charge in [-0.25, -0.2) is 0 Å². The van der Waals surface area contributed by atoms with Crippen molar-refractivity contribution in [1.29, 1.82) is 0 Å². The molecule has 0 bridgehead atoms. The predicted octanol–water partition coefficient (Wildman–Crippen LogP) is 2.48. The molecule has 0 saturated carbocycles. The molecule has 0 heterocycles. The molecule has 2 aromatic carbocycles. The van der Waals surface area contributed by atoms with E-state index >= 15 is 0 Å². The van der Waals surface area contributed by atoms with Crippen LogP contribution in [0.25, 0.3) is 10.8 Å². The molecule has 0 aliphatic carbocycles. The molecular formula is C14H15NO2. The smallest absolute Gasteiger partial charge is 0.258 e. The molecule has 0 aliphatic heterocycles. The summed E-state index contributed by atoms with van der Waals surface area (Å²) in [7, 11) is 0. The van der Waals surface area contributed by atoms with Crippen LogP contribution in [0.3, 0.4) is 0 Å². The zero-order valence-corrected chi connectivity index (χ0v) is 9.72. The van der Waals surface area contributed by atoms with Gasteiger partial charge in [-0.1, -0.05) is 43.3 Å². The summed E-state index contributed by atoms with van der Waals surface area (Å²) in [4.78, 5) is 11.2. The Bertz CT molecular complexity index is 531. The number of hydrogen-bond acceptors (Lipinski definition) is 2. The zero-order chi connectivity index (χ0) is 12.3. The monoisotopic (exact) mass is 229 g/mol. The minimum atomic E-state index is -0.569. The van der Waals surface area contributed by atoms with E-state index in [2.05, 4.69) is 0 Å². The maximum absolute atomic E-state index is 11.2. The van der Waals surface area contributed by atoms with Crippen LogP contribution in [0.2, 0.25) is 0 Å². The number of carbonyl (C=O) groups is 1. The van der Waals surface area contributed by atoms with Crippen LogP contribution in [0.4, 0.5) is 0 Å². The molecule has 0 aromatic heterocycles. The number of benzene rings is 2. The zero-order valence-electron chi connectivity index (χ0n) is 9.72. The van der Waals surface area contributed by atoms with Crippen LogP contribution in [0.1, 0.15) is 13.3 Å². The number of fused-ring (bicyclic) bond motifs is 1. The first-order chi connectivity index (χ1) is 8.22. The second-order valence-corrected chi connectivity index (χ2v) is 3.89. The predicted molar refractivity (Wildman–Crippen MR) is 67.8 cm³/mol. The van der Waals surface area contributed by atoms with Crippen LogP contribution in [0, 0.1) is 0 Å². The number of carbonyl (C=O) groups excluding carboxylic acids is 1. The third-order valence-electron chi connectivity index (χ3n) is 2.71. The molecular weight excluding hydrogens is 214 g/mol. The fraction of sp³-hybridized carbons (Fsp3) is 0.214. The first kappa shape index (κ1) is 11.5. The van der Waals surface area contributed by atoms with E-state index in [4.69, 9.17) is 10.5 Å². The van der Waals surface area contributed by atoms with Gasteiger partial charge in [-0.2, -0.15) is 0 Å². The Morgan fingerprint density at radius 2 is 1.94 bits per heavy atom. The van der Waals surface area contributed by atoms with Gasteiger partial charge in [-0.05, 0) is 17.9 Å². The first-order valence-electron chi connectivity index (χ1n) is 5.66. The van der Waals surface area contributed by atoms with Gasteiger partial charge in [-0.3, -0.25) is 4.79 Å². The van der Waals surface area contributed by atoms with Gasteiger partial charge in [0.25, 0.3) is 5.91 Å². The van der Waals surface area contributed by atoms with Gasteiger partial charge in [0, 0.05) is 5.39 Å². The van der Waals surface area contributed by atoms with E-state index in [0.29, 0.717) is 12.2 Å². The fourth-order valence-corrected chi connectivity index (χ4v) is 1.79. The highest BCUT2D eigenvalue weighted by Crippen LogP contribution is 2.26. The van der Waals surface area contributed by atoms with Crippen LogP contribution in [-0.4, -0.2) is 12.0 Å². The van der Waals surface area contributed by atoms with Crippen molar-refractivity contribution in [1.82, 2.24) is 0 Å². The molecule has 88 valence electrons. The topological polar surface area (TPSA) is 52.3 Å². The normalized spacial score (nSPS) is 12.3. The van der Waals surface area contributed by atoms with Gasteiger partial charge in [0.15, 0.2) is 6.10 Å². The van der Waals surface area contributed by atoms with E-state index in [1.165, 1.54) is 0 Å². The van der Waals surface area contributed by atoms with E-state index in [-0.39, 0.29) is 0 Å². The lowest BCUT2D eigenvalue weighted by atomic mass is 10.1. The van der Waals surface area contributed by atoms with Crippen molar-refractivity contribution in [2.24, 2.45) is 5.73 Å². The molecule has 17 heavy (non-hydrogen) atoms. The highest BCUT2D eigenvalue weighted by atomic mass is 16.5. The summed E-state index contributed by atoms with van der Waals surface area (Å²) in [6.45, 7) is 1.88. The van der Waals surface area contributed by atoms with Crippen molar-refractivity contribution < 1.29 is 9.53 Å². The molecule has 3 nitrogen and oxygen atoms in total. The lowest BCUT2D eigenvalue weighted by molar-refractivity contribution is -0.124. The second-order valence-electron chi connectivity index (χ2n) is 3.89. The van der Waals surface area contributed by atoms with E-state index in [9.17, 15) is 4.79 Å². The summed E-state index contributed by atoms with van der Waals surface area (Å²) in [6.07, 6.45) is -0.000688. The van der Waals surface area contributed by atoms with Gasteiger partial charge in [0.2, 0.25) is 0 Å². The third kappa shape index (κ3) is 2.38. The molecule has 0 saturated heterocycles. The van der Waals surface area contributed by atoms with Crippen molar-refractivity contribution in [2.45, 2.75) is 19.4 Å². The fourth-order valence-electron chi connectivity index (χ4n) is 1.79. The number of amides is 1. The Kier molecular flexibility index (Phi) is 3.28. The average Bonchev–Trinajstić information content (AvgIpc) is 2.35. The van der Waals surface area contributed by atoms with E-state index in [1.807, 2.05) is 49.4 Å². The lowest BCUT2D eigenvalue weighted by Crippen LogP contribution is -2.33. The minimum Gasteiger partial charge on any atom is -0.480 e. The van der Waals surface area contributed by atoms with Crippen molar-refractivity contribution in [3.63, 3.8) is 0 Å². The number of nitrogens with two attached hydrogens (primary N) is 1. The summed E-state index contributed by atoms with van der Waals surface area (Å²) in [5.74, 6) is 0.272. The van der Waals surface area contributed by atoms with E-state index in [1.54, 1.807) is 0 Å². The maximum Gasteiger partial charge on any atom is 0.258 e. The van der Waals surface area contributed by atoms with Gasteiger partial charge in [0.05, 0.1) is 0 Å². The Morgan fingerprint density at radius 1 is 1.24 bits per heavy atom. The molecule has 2 N–H and O–H groups in total. The molecule has 1 amide bonds. The van der Waals surface area contributed by atoms with Crippen molar-refractivity contribution in [2.75, 3.05) is 0 Å². The van der Waals surface area contributed by atoms with Crippen LogP contribution < -0.4 is 10.5 Å². The average molecular weight is 229 g/mol. The number of rotatable bonds is 4. The Labute approximate surface area is 100 Å². The second kappa shape index (κ2) is 4.87. The third-order valence-corrected chi connectivity index (χ3v) is 2.71. The molecule has 2 rings (SSSR count). The maximum atomic E-state index is 11.2. The standard InChI is InChI=1S/C14H15NO2/c1-2-12(14(15)16)17-13-9-5-7-10-6-3-4-8-11(10)13/h3-9,12H,2H2,1H3,(H2,15,16). The van der Waals surface area contributed by atoms with Gasteiger partial charge in [0.1, 0.15) is 5.75 Å². The quantitative estimate of drug-likeness (QED) is 0.875. The van der Waals surface area contributed by atoms with Gasteiger partial charge < -0.3 is 10.5 Å². The summed E-state index contributed by atoms with van der Waals surface area (Å²) >= 11 is 0. The van der Waals surface area contributed by atoms with Gasteiger partial charge >= 0.3 is 0 Å². The van der Waals surface area contributed by atoms with Crippen molar-refractivity contribution >= 4 is 16.7 Å². The summed E-state index contributed by atoms with van der Waals surface area (Å²) in [5, 5.41) is 2.08.